The molecule has 2 aromatic carbocycles. The van der Waals surface area contributed by atoms with Gasteiger partial charge in [-0.1, -0.05) is 26.0 Å². The second-order valence-electron chi connectivity index (χ2n) is 5.34. The molecule has 7 heteroatoms. The Hall–Kier alpha value is -2.93. The van der Waals surface area contributed by atoms with Crippen molar-refractivity contribution in [2.24, 2.45) is 5.73 Å². The minimum atomic E-state index is -0.709. The molecule has 0 aliphatic heterocycles. The van der Waals surface area contributed by atoms with Crippen LogP contribution >= 0.6 is 0 Å². The zero-order valence-electron chi connectivity index (χ0n) is 15.4. The third kappa shape index (κ3) is 6.18. The van der Waals surface area contributed by atoms with Gasteiger partial charge in [-0.25, -0.2) is 9.87 Å². The van der Waals surface area contributed by atoms with Crippen molar-refractivity contribution in [3.05, 3.63) is 58.9 Å². The molecule has 0 heterocycles. The Morgan fingerprint density at radius 3 is 2.27 bits per heavy atom. The number of nitrogens with one attached hydrogen (secondary N) is 2. The molecule has 0 aliphatic rings. The molecule has 0 bridgehead atoms. The van der Waals surface area contributed by atoms with Crippen LogP contribution in [0.3, 0.4) is 0 Å². The molecule has 0 radical (unpaired) electrons. The Labute approximate surface area is 152 Å². The van der Waals surface area contributed by atoms with E-state index in [1.807, 2.05) is 20.8 Å². The minimum absolute atomic E-state index is 0.241. The summed E-state index contributed by atoms with van der Waals surface area (Å²) in [4.78, 5) is 27.5. The number of hydrogen-bond donors (Lipinski definition) is 3. The van der Waals surface area contributed by atoms with Crippen molar-refractivity contribution in [2.75, 3.05) is 11.9 Å². The third-order valence-corrected chi connectivity index (χ3v) is 3.19. The van der Waals surface area contributed by atoms with Gasteiger partial charge in [0.2, 0.25) is 5.91 Å². The summed E-state index contributed by atoms with van der Waals surface area (Å²) in [5.41, 5.74) is 9.64. The first kappa shape index (κ1) is 21.1. The quantitative estimate of drug-likeness (QED) is 0.688. The lowest BCUT2D eigenvalue weighted by Gasteiger charge is -2.14. The van der Waals surface area contributed by atoms with Crippen LogP contribution in [-0.4, -0.2) is 18.4 Å². The summed E-state index contributed by atoms with van der Waals surface area (Å²) in [5.74, 6) is -1.71. The number of carbonyl (C=O) groups excluding carboxylic acids is 2. The van der Waals surface area contributed by atoms with E-state index in [-0.39, 0.29) is 11.3 Å². The maximum Gasteiger partial charge on any atom is 0.276 e. The van der Waals surface area contributed by atoms with Crippen molar-refractivity contribution < 1.29 is 18.8 Å². The monoisotopic (exact) mass is 361 g/mol. The van der Waals surface area contributed by atoms with Crippen LogP contribution < -0.4 is 16.5 Å². The fourth-order valence-corrected chi connectivity index (χ4v) is 2.05. The molecular weight excluding hydrogens is 337 g/mol. The highest BCUT2D eigenvalue weighted by atomic mass is 19.1. The summed E-state index contributed by atoms with van der Waals surface area (Å²) in [5, 5.41) is 2.91. The number of amides is 2. The fraction of sp³-hybridized carbons (Fsp3) is 0.263. The van der Waals surface area contributed by atoms with Gasteiger partial charge in [0.05, 0.1) is 16.9 Å². The number of carbonyl (C=O) groups is 2. The van der Waals surface area contributed by atoms with Crippen LogP contribution in [0, 0.1) is 19.7 Å². The van der Waals surface area contributed by atoms with Crippen molar-refractivity contribution in [1.29, 1.82) is 0 Å². The predicted octanol–water partition coefficient (Wildman–Crippen LogP) is 3.36. The molecule has 140 valence electrons. The van der Waals surface area contributed by atoms with Crippen LogP contribution in [0.2, 0.25) is 0 Å². The summed E-state index contributed by atoms with van der Waals surface area (Å²) < 4.78 is 14.0. The predicted molar refractivity (Wildman–Crippen MR) is 99.6 cm³/mol. The molecular formula is C19H24FN3O3. The lowest BCUT2D eigenvalue weighted by atomic mass is 10.1. The van der Waals surface area contributed by atoms with Gasteiger partial charge in [0, 0.05) is 0 Å². The van der Waals surface area contributed by atoms with E-state index >= 15 is 0 Å². The van der Waals surface area contributed by atoms with Gasteiger partial charge in [0.25, 0.3) is 5.91 Å². The first-order valence-electron chi connectivity index (χ1n) is 8.21. The van der Waals surface area contributed by atoms with Gasteiger partial charge in [0.15, 0.2) is 6.61 Å². The molecule has 0 saturated carbocycles. The van der Waals surface area contributed by atoms with E-state index in [9.17, 15) is 14.0 Å². The molecule has 0 atom stereocenters. The van der Waals surface area contributed by atoms with Crippen LogP contribution in [0.5, 0.6) is 0 Å². The van der Waals surface area contributed by atoms with Gasteiger partial charge in [0.1, 0.15) is 5.82 Å². The Morgan fingerprint density at radius 2 is 1.65 bits per heavy atom. The van der Waals surface area contributed by atoms with Crippen molar-refractivity contribution in [3.8, 4) is 0 Å². The number of benzene rings is 2. The molecule has 2 amide bonds. The maximum absolute atomic E-state index is 14.0. The molecule has 0 aromatic heterocycles. The second-order valence-corrected chi connectivity index (χ2v) is 5.34. The molecule has 0 unspecified atom stereocenters. The number of anilines is 2. The van der Waals surface area contributed by atoms with Gasteiger partial charge in [-0.2, -0.15) is 0 Å². The average Bonchev–Trinajstić information content (AvgIpc) is 2.59. The summed E-state index contributed by atoms with van der Waals surface area (Å²) in [6.07, 6.45) is 0. The normalized spacial score (nSPS) is 9.73. The van der Waals surface area contributed by atoms with E-state index in [2.05, 4.69) is 10.8 Å². The van der Waals surface area contributed by atoms with E-state index < -0.39 is 24.2 Å². The number of aryl methyl sites for hydroxylation is 2. The molecule has 2 rings (SSSR count). The van der Waals surface area contributed by atoms with E-state index in [4.69, 9.17) is 10.6 Å². The molecule has 4 N–H and O–H groups in total. The summed E-state index contributed by atoms with van der Waals surface area (Å²) in [6, 6.07) is 9.78. The average molecular weight is 361 g/mol. The standard InChI is InChI=1S/C17H18FN3O3.C2H6/c1-10-4-6-14(13(18)7-10)20-15-8-11(2)3-5-12(15)17(23)21-24-9-16(19)22;1-2/h3-8,20H,9H2,1-2H3,(H2,19,22)(H,21,23);1-2H3. The number of rotatable bonds is 6. The largest absolute Gasteiger partial charge is 0.368 e. The molecule has 0 spiro atoms. The molecule has 0 fully saturated rings. The highest BCUT2D eigenvalue weighted by Crippen LogP contribution is 2.25. The molecule has 0 aliphatic carbocycles. The Bertz CT molecular complexity index is 779. The molecule has 2 aromatic rings. The first-order chi connectivity index (χ1) is 12.4. The summed E-state index contributed by atoms with van der Waals surface area (Å²) >= 11 is 0. The Kier molecular flexibility index (Phi) is 8.24. The van der Waals surface area contributed by atoms with Crippen LogP contribution in [0.15, 0.2) is 36.4 Å². The Balaban J connectivity index is 0.00000163. The van der Waals surface area contributed by atoms with Crippen molar-refractivity contribution in [3.63, 3.8) is 0 Å². The van der Waals surface area contributed by atoms with Gasteiger partial charge in [-0.05, 0) is 49.2 Å². The minimum Gasteiger partial charge on any atom is -0.368 e. The summed E-state index contributed by atoms with van der Waals surface area (Å²) in [7, 11) is 0. The zero-order chi connectivity index (χ0) is 19.7. The number of halogens is 1. The van der Waals surface area contributed by atoms with Crippen molar-refractivity contribution in [1.82, 2.24) is 5.48 Å². The smallest absolute Gasteiger partial charge is 0.276 e. The second kappa shape index (κ2) is 10.1. The van der Waals surface area contributed by atoms with Gasteiger partial charge >= 0.3 is 0 Å². The number of hydroxylamine groups is 1. The van der Waals surface area contributed by atoms with E-state index in [0.717, 1.165) is 11.1 Å². The number of hydrogen-bond acceptors (Lipinski definition) is 4. The zero-order valence-corrected chi connectivity index (χ0v) is 15.4. The highest BCUT2D eigenvalue weighted by molar-refractivity contribution is 6.00. The Morgan fingerprint density at radius 1 is 1.04 bits per heavy atom. The van der Waals surface area contributed by atoms with Gasteiger partial charge in [-0.3, -0.25) is 14.4 Å². The van der Waals surface area contributed by atoms with E-state index in [0.29, 0.717) is 5.69 Å². The van der Waals surface area contributed by atoms with Gasteiger partial charge < -0.3 is 11.1 Å². The van der Waals surface area contributed by atoms with Crippen LogP contribution in [-0.2, 0) is 9.63 Å². The summed E-state index contributed by atoms with van der Waals surface area (Å²) in [6.45, 7) is 7.20. The van der Waals surface area contributed by atoms with Crippen LogP contribution in [0.25, 0.3) is 0 Å². The van der Waals surface area contributed by atoms with Gasteiger partial charge in [-0.15, -0.1) is 0 Å². The maximum atomic E-state index is 14.0. The van der Waals surface area contributed by atoms with E-state index in [1.54, 1.807) is 37.3 Å². The van der Waals surface area contributed by atoms with Crippen molar-refractivity contribution >= 4 is 23.2 Å². The lowest BCUT2D eigenvalue weighted by molar-refractivity contribution is -0.124. The van der Waals surface area contributed by atoms with Crippen LogP contribution in [0.4, 0.5) is 15.8 Å². The fourth-order valence-electron chi connectivity index (χ4n) is 2.05. The highest BCUT2D eigenvalue weighted by Gasteiger charge is 2.14. The molecule has 0 saturated heterocycles. The molecule has 6 nitrogen and oxygen atoms in total. The topological polar surface area (TPSA) is 93.4 Å². The number of primary amides is 1. The van der Waals surface area contributed by atoms with Crippen LogP contribution in [0.1, 0.15) is 35.3 Å². The third-order valence-electron chi connectivity index (χ3n) is 3.19. The van der Waals surface area contributed by atoms with E-state index in [1.165, 1.54) is 6.07 Å². The number of nitrogens with two attached hydrogens (primary N) is 1. The first-order valence-corrected chi connectivity index (χ1v) is 8.21. The SMILES string of the molecule is CC.Cc1ccc(Nc2cc(C)ccc2C(=O)NOCC(N)=O)c(F)c1. The molecule has 26 heavy (non-hydrogen) atoms. The van der Waals surface area contributed by atoms with Crippen molar-refractivity contribution in [2.45, 2.75) is 27.7 Å². The lowest BCUT2D eigenvalue weighted by Crippen LogP contribution is -2.29.